The number of hydrogen-bond donors (Lipinski definition) is 0. The Labute approximate surface area is 51.4 Å². The summed E-state index contributed by atoms with van der Waals surface area (Å²) in [6, 6.07) is 9.80. The van der Waals surface area contributed by atoms with Crippen molar-refractivity contribution in [2.75, 3.05) is 0 Å². The van der Waals surface area contributed by atoms with Crippen LogP contribution in [0.1, 0.15) is 0 Å². The van der Waals surface area contributed by atoms with Gasteiger partial charge in [0.05, 0.1) is 0 Å². The third-order valence-electron chi connectivity index (χ3n) is 0.905. The first-order valence-electron chi connectivity index (χ1n) is 2.39. The lowest BCUT2D eigenvalue weighted by atomic mass is 10.3. The van der Waals surface area contributed by atoms with Gasteiger partial charge in [-0.2, -0.15) is 0 Å². The molecule has 42 valence electrons. The summed E-state index contributed by atoms with van der Waals surface area (Å²) < 4.78 is 0. The summed E-state index contributed by atoms with van der Waals surface area (Å²) in [6.07, 6.45) is 0. The summed E-state index contributed by atoms with van der Waals surface area (Å²) in [5.41, 5.74) is 0.998. The fraction of sp³-hybridized carbons (Fsp3) is 0. The van der Waals surface area contributed by atoms with Gasteiger partial charge < -0.3 is 5.09 Å². The van der Waals surface area contributed by atoms with Crippen molar-refractivity contribution in [2.45, 2.75) is 0 Å². The van der Waals surface area contributed by atoms with Gasteiger partial charge in [-0.05, 0) is 0 Å². The predicted molar refractivity (Wildman–Crippen MR) is 39.2 cm³/mol. The normalized spacial score (nSPS) is 8.62. The van der Waals surface area contributed by atoms with Crippen LogP contribution in [-0.2, 0) is 0 Å². The highest BCUT2D eigenvalue weighted by Gasteiger charge is 1.68. The Balaban J connectivity index is 2.83. The summed E-state index contributed by atoms with van der Waals surface area (Å²) in [5.74, 6) is 0. The molecule has 0 amide bonds. The lowest BCUT2D eigenvalue weighted by Gasteiger charge is -2.10. The molecule has 1 unspecified atom stereocenters. The number of benzene rings is 1. The highest BCUT2D eigenvalue weighted by atomic mass is 31.0. The Hall–Kier alpha value is -0.550. The fourth-order valence-electron chi connectivity index (χ4n) is 0.514. The summed E-state index contributed by atoms with van der Waals surface area (Å²) in [7, 11) is 2.32. The smallest absolute Gasteiger partial charge is 0.0624 e. The summed E-state index contributed by atoms with van der Waals surface area (Å²) >= 11 is 0. The second-order valence-electron chi connectivity index (χ2n) is 1.46. The monoisotopic (exact) mass is 124 g/mol. The Morgan fingerprint density at radius 3 is 2.12 bits per heavy atom. The molecular weight excluding hydrogens is 117 g/mol. The third-order valence-corrected chi connectivity index (χ3v) is 1.20. The molecule has 0 bridgehead atoms. The number of rotatable bonds is 1. The predicted octanol–water partition coefficient (Wildman–Crippen LogP) is 2.48. The molecule has 0 saturated carbocycles. The molecule has 1 aromatic carbocycles. The lowest BCUT2D eigenvalue weighted by Crippen LogP contribution is -1.56. The van der Waals surface area contributed by atoms with Gasteiger partial charge in [-0.25, -0.2) is 9.39 Å². The van der Waals surface area contributed by atoms with Crippen molar-refractivity contribution < 1.29 is 0 Å². The Morgan fingerprint density at radius 2 is 1.75 bits per heavy atom. The summed E-state index contributed by atoms with van der Waals surface area (Å²) in [6.45, 7) is 0. The average Bonchev–Trinajstić information content (AvgIpc) is 1.90. The Morgan fingerprint density at radius 1 is 1.12 bits per heavy atom. The van der Waals surface area contributed by atoms with Gasteiger partial charge in [-0.3, -0.25) is 0 Å². The minimum Gasteiger partial charge on any atom is -0.665 e. The van der Waals surface area contributed by atoms with E-state index in [0.717, 1.165) is 5.69 Å². The molecule has 0 aliphatic carbocycles. The van der Waals surface area contributed by atoms with E-state index in [-0.39, 0.29) is 0 Å². The van der Waals surface area contributed by atoms with Crippen LogP contribution in [0.4, 0.5) is 5.69 Å². The summed E-state index contributed by atoms with van der Waals surface area (Å²) in [4.78, 5) is 0. The quantitative estimate of drug-likeness (QED) is 0.510. The topological polar surface area (TPSA) is 14.1 Å². The van der Waals surface area contributed by atoms with E-state index in [9.17, 15) is 0 Å². The Bertz CT molecular complexity index is 150. The molecule has 0 spiro atoms. The van der Waals surface area contributed by atoms with E-state index in [1.54, 1.807) is 0 Å². The van der Waals surface area contributed by atoms with Crippen LogP contribution in [-0.4, -0.2) is 0 Å². The molecule has 1 rings (SSSR count). The molecule has 0 heterocycles. The second-order valence-corrected chi connectivity index (χ2v) is 1.72. The zero-order valence-electron chi connectivity index (χ0n) is 4.41. The maximum Gasteiger partial charge on any atom is -0.0624 e. The average molecular weight is 124 g/mol. The van der Waals surface area contributed by atoms with Gasteiger partial charge in [0.2, 0.25) is 0 Å². The van der Waals surface area contributed by atoms with Crippen molar-refractivity contribution in [3.63, 3.8) is 0 Å². The maximum absolute atomic E-state index is 3.89. The molecule has 0 saturated heterocycles. The fourth-order valence-corrected chi connectivity index (χ4v) is 0.686. The molecule has 0 N–H and O–H groups in total. The van der Waals surface area contributed by atoms with Crippen LogP contribution in [0.25, 0.3) is 5.09 Å². The Kier molecular flexibility index (Phi) is 1.87. The van der Waals surface area contributed by atoms with E-state index >= 15 is 0 Å². The minimum absolute atomic E-state index is 0.998. The standard InChI is InChI=1S/C6H7NP/c8-7-6-4-2-1-3-5-6/h1-5H,8H2/q-1. The molecular formula is C6H7NP-. The number of hydrogen-bond acceptors (Lipinski definition) is 0. The van der Waals surface area contributed by atoms with Crippen molar-refractivity contribution in [1.82, 2.24) is 0 Å². The highest BCUT2D eigenvalue weighted by Crippen LogP contribution is 2.20. The molecule has 0 fully saturated rings. The van der Waals surface area contributed by atoms with Crippen molar-refractivity contribution in [1.29, 1.82) is 0 Å². The van der Waals surface area contributed by atoms with E-state index in [1.807, 2.05) is 30.3 Å². The molecule has 1 atom stereocenters. The van der Waals surface area contributed by atoms with Gasteiger partial charge in [-0.15, -0.1) is 5.69 Å². The first-order valence-corrected chi connectivity index (χ1v) is 2.91. The SMILES string of the molecule is P[N-]c1ccccc1. The molecule has 0 aliphatic rings. The first kappa shape index (κ1) is 5.58. The summed E-state index contributed by atoms with van der Waals surface area (Å²) in [5, 5.41) is 3.89. The molecule has 1 nitrogen and oxygen atoms in total. The van der Waals surface area contributed by atoms with E-state index in [0.29, 0.717) is 0 Å². The lowest BCUT2D eigenvalue weighted by molar-refractivity contribution is 1.72. The molecule has 8 heavy (non-hydrogen) atoms. The zero-order valence-corrected chi connectivity index (χ0v) is 5.57. The van der Waals surface area contributed by atoms with Crippen LogP contribution in [0.5, 0.6) is 0 Å². The zero-order chi connectivity index (χ0) is 5.82. The van der Waals surface area contributed by atoms with E-state index in [2.05, 4.69) is 14.5 Å². The molecule has 2 heteroatoms. The van der Waals surface area contributed by atoms with Gasteiger partial charge in [0.25, 0.3) is 0 Å². The van der Waals surface area contributed by atoms with E-state index in [4.69, 9.17) is 0 Å². The van der Waals surface area contributed by atoms with Crippen LogP contribution in [0.2, 0.25) is 0 Å². The van der Waals surface area contributed by atoms with Crippen molar-refractivity contribution in [2.24, 2.45) is 0 Å². The van der Waals surface area contributed by atoms with Gasteiger partial charge >= 0.3 is 0 Å². The van der Waals surface area contributed by atoms with Crippen molar-refractivity contribution in [3.05, 3.63) is 35.4 Å². The van der Waals surface area contributed by atoms with Crippen LogP contribution in [0.3, 0.4) is 0 Å². The molecule has 1 aromatic rings. The molecule has 0 radical (unpaired) electrons. The maximum atomic E-state index is 3.89. The van der Waals surface area contributed by atoms with Gasteiger partial charge in [0.1, 0.15) is 0 Å². The van der Waals surface area contributed by atoms with Crippen LogP contribution in [0, 0.1) is 0 Å². The molecule has 0 aliphatic heterocycles. The van der Waals surface area contributed by atoms with E-state index < -0.39 is 0 Å². The first-order chi connectivity index (χ1) is 3.93. The van der Waals surface area contributed by atoms with Crippen molar-refractivity contribution >= 4 is 15.1 Å². The second kappa shape index (κ2) is 2.68. The third kappa shape index (κ3) is 1.21. The van der Waals surface area contributed by atoms with Gasteiger partial charge in [-0.1, -0.05) is 30.3 Å². The van der Waals surface area contributed by atoms with Crippen molar-refractivity contribution in [3.8, 4) is 0 Å². The van der Waals surface area contributed by atoms with Crippen LogP contribution < -0.4 is 0 Å². The minimum atomic E-state index is 0.998. The largest absolute Gasteiger partial charge is 0.665 e. The van der Waals surface area contributed by atoms with Gasteiger partial charge in [0, 0.05) is 0 Å². The number of nitrogens with zero attached hydrogens (tertiary/aromatic N) is 1. The van der Waals surface area contributed by atoms with Crippen LogP contribution >= 0.6 is 9.39 Å². The highest BCUT2D eigenvalue weighted by molar-refractivity contribution is 7.21. The van der Waals surface area contributed by atoms with Gasteiger partial charge in [0.15, 0.2) is 0 Å². The van der Waals surface area contributed by atoms with Crippen LogP contribution in [0.15, 0.2) is 30.3 Å². The molecule has 0 aromatic heterocycles. The van der Waals surface area contributed by atoms with E-state index in [1.165, 1.54) is 0 Å².